The maximum atomic E-state index is 12.8. The summed E-state index contributed by atoms with van der Waals surface area (Å²) in [5.74, 6) is 0.441. The molecule has 6 heteroatoms. The summed E-state index contributed by atoms with van der Waals surface area (Å²) in [6, 6.07) is 16.5. The van der Waals surface area contributed by atoms with Crippen molar-refractivity contribution in [2.24, 2.45) is 0 Å². The van der Waals surface area contributed by atoms with E-state index in [9.17, 15) is 9.90 Å². The zero-order valence-corrected chi connectivity index (χ0v) is 16.7. The molecule has 0 saturated heterocycles. The number of ketones is 1. The first kappa shape index (κ1) is 19.2. The average Bonchev–Trinajstić information content (AvgIpc) is 2.70. The third-order valence-corrected chi connectivity index (χ3v) is 4.72. The highest BCUT2D eigenvalue weighted by molar-refractivity contribution is 9.10. The molecule has 27 heavy (non-hydrogen) atoms. The van der Waals surface area contributed by atoms with Crippen molar-refractivity contribution in [1.29, 1.82) is 0 Å². The van der Waals surface area contributed by atoms with Gasteiger partial charge in [0, 0.05) is 38.4 Å². The van der Waals surface area contributed by atoms with Crippen LogP contribution in [0.5, 0.6) is 0 Å². The van der Waals surface area contributed by atoms with Gasteiger partial charge in [0.15, 0.2) is 0 Å². The molecule has 1 aromatic carbocycles. The number of likely N-dealkylation sites (N-methyl/N-ethyl adjacent to an activating group) is 1. The smallest absolute Gasteiger partial charge is 0.213 e. The van der Waals surface area contributed by atoms with Gasteiger partial charge in [-0.25, -0.2) is 4.98 Å². The van der Waals surface area contributed by atoms with Crippen LogP contribution in [0.2, 0.25) is 0 Å². The van der Waals surface area contributed by atoms with Crippen molar-refractivity contribution in [2.75, 3.05) is 18.5 Å². The molecule has 0 amide bonds. The van der Waals surface area contributed by atoms with E-state index in [2.05, 4.69) is 25.9 Å². The predicted octanol–water partition coefficient (Wildman–Crippen LogP) is 4.44. The Balaban J connectivity index is 0.00000210. The van der Waals surface area contributed by atoms with E-state index >= 15 is 0 Å². The van der Waals surface area contributed by atoms with Gasteiger partial charge in [0.1, 0.15) is 11.5 Å². The van der Waals surface area contributed by atoms with Crippen molar-refractivity contribution < 1.29 is 12.8 Å². The molecule has 0 fully saturated rings. The molecular formula is C21H24BrN3O2. The molecular weight excluding hydrogens is 406 g/mol. The van der Waals surface area contributed by atoms with E-state index in [0.29, 0.717) is 29.3 Å². The zero-order valence-electron chi connectivity index (χ0n) is 15.1. The lowest BCUT2D eigenvalue weighted by atomic mass is 10.1. The average molecular weight is 430 g/mol. The largest absolute Gasteiger partial charge is 0.387 e. The molecule has 0 spiro atoms. The Bertz CT molecular complexity index is 958. The summed E-state index contributed by atoms with van der Waals surface area (Å²) < 4.78 is 0.746. The standard InChI is InChI=1S/C21H20BrN3O2.2H2/c1-14-17(11-16(22)12-23-14)21(27)18-9-6-10-20(24-18)25(2)13-19(26)15-7-4-3-5-8-15;;/h3-12,19,26H,13H2,1-2H3;2*1H. The lowest BCUT2D eigenvalue weighted by Crippen LogP contribution is -2.25. The second-order valence-corrected chi connectivity index (χ2v) is 7.22. The fourth-order valence-corrected chi connectivity index (χ4v) is 3.10. The maximum absolute atomic E-state index is 12.8. The Morgan fingerprint density at radius 3 is 2.70 bits per heavy atom. The number of benzene rings is 1. The minimum absolute atomic E-state index is 0. The number of hydrogen-bond donors (Lipinski definition) is 1. The number of aliphatic hydroxyl groups excluding tert-OH is 1. The van der Waals surface area contributed by atoms with Crippen LogP contribution in [0.3, 0.4) is 0 Å². The van der Waals surface area contributed by atoms with Gasteiger partial charge < -0.3 is 10.0 Å². The fraction of sp³-hybridized carbons (Fsp3) is 0.190. The summed E-state index contributed by atoms with van der Waals surface area (Å²) in [5, 5.41) is 10.4. The summed E-state index contributed by atoms with van der Waals surface area (Å²) in [6.07, 6.45) is 1.02. The first-order chi connectivity index (χ1) is 13.0. The molecule has 0 saturated carbocycles. The van der Waals surface area contributed by atoms with Crippen molar-refractivity contribution in [3.05, 3.63) is 87.8 Å². The number of anilines is 1. The van der Waals surface area contributed by atoms with Gasteiger partial charge >= 0.3 is 0 Å². The second kappa shape index (κ2) is 8.41. The highest BCUT2D eigenvalue weighted by atomic mass is 79.9. The number of carbonyl (C=O) groups is 1. The Morgan fingerprint density at radius 1 is 1.22 bits per heavy atom. The molecule has 0 radical (unpaired) electrons. The van der Waals surface area contributed by atoms with Gasteiger partial charge in [-0.3, -0.25) is 9.78 Å². The van der Waals surface area contributed by atoms with Crippen LogP contribution in [-0.2, 0) is 0 Å². The molecule has 1 N–H and O–H groups in total. The van der Waals surface area contributed by atoms with Crippen molar-refractivity contribution in [3.8, 4) is 0 Å². The molecule has 2 aromatic heterocycles. The van der Waals surface area contributed by atoms with Crippen LogP contribution in [0.4, 0.5) is 5.82 Å². The predicted molar refractivity (Wildman–Crippen MR) is 113 cm³/mol. The van der Waals surface area contributed by atoms with Gasteiger partial charge in [-0.15, -0.1) is 0 Å². The van der Waals surface area contributed by atoms with E-state index in [-0.39, 0.29) is 8.64 Å². The number of aliphatic hydroxyl groups is 1. The molecule has 0 aliphatic rings. The Morgan fingerprint density at radius 2 is 1.96 bits per heavy atom. The highest BCUT2D eigenvalue weighted by Crippen LogP contribution is 2.20. The summed E-state index contributed by atoms with van der Waals surface area (Å²) in [4.78, 5) is 23.4. The monoisotopic (exact) mass is 429 g/mol. The van der Waals surface area contributed by atoms with Crippen molar-refractivity contribution in [3.63, 3.8) is 0 Å². The Labute approximate surface area is 169 Å². The summed E-state index contributed by atoms with van der Waals surface area (Å²) in [5.41, 5.74) is 2.35. The summed E-state index contributed by atoms with van der Waals surface area (Å²) in [7, 11) is 1.84. The summed E-state index contributed by atoms with van der Waals surface area (Å²) in [6.45, 7) is 2.16. The van der Waals surface area contributed by atoms with Crippen LogP contribution in [-0.4, -0.2) is 34.5 Å². The molecule has 142 valence electrons. The number of carbonyl (C=O) groups excluding carboxylic acids is 1. The van der Waals surface area contributed by atoms with E-state index in [4.69, 9.17) is 0 Å². The van der Waals surface area contributed by atoms with Crippen LogP contribution >= 0.6 is 15.9 Å². The quantitative estimate of drug-likeness (QED) is 0.586. The Hall–Kier alpha value is -2.57. The lowest BCUT2D eigenvalue weighted by molar-refractivity contribution is 0.103. The molecule has 1 unspecified atom stereocenters. The van der Waals surface area contributed by atoms with E-state index in [1.165, 1.54) is 0 Å². The Kier molecular flexibility index (Phi) is 5.98. The van der Waals surface area contributed by atoms with Gasteiger partial charge in [0.05, 0.1) is 6.10 Å². The third kappa shape index (κ3) is 4.59. The van der Waals surface area contributed by atoms with Crippen LogP contribution in [0.25, 0.3) is 0 Å². The van der Waals surface area contributed by atoms with Crippen molar-refractivity contribution >= 4 is 27.5 Å². The van der Waals surface area contributed by atoms with Gasteiger partial charge in [-0.2, -0.15) is 0 Å². The number of aryl methyl sites for hydroxylation is 1. The molecule has 5 nitrogen and oxygen atoms in total. The molecule has 3 aromatic rings. The SMILES string of the molecule is Cc1ncc(Br)cc1C(=O)c1cccc(N(C)CC(O)c2ccccc2)n1.[HH].[HH]. The van der Waals surface area contributed by atoms with Crippen LogP contribution in [0, 0.1) is 6.92 Å². The fourth-order valence-electron chi connectivity index (χ4n) is 2.77. The molecule has 0 aliphatic heterocycles. The number of aromatic nitrogens is 2. The van der Waals surface area contributed by atoms with Crippen LogP contribution in [0.15, 0.2) is 65.3 Å². The van der Waals surface area contributed by atoms with E-state index < -0.39 is 6.10 Å². The van der Waals surface area contributed by atoms with E-state index in [1.807, 2.05) is 48.3 Å². The number of pyridine rings is 2. The van der Waals surface area contributed by atoms with Crippen molar-refractivity contribution in [2.45, 2.75) is 13.0 Å². The van der Waals surface area contributed by atoms with E-state index in [1.54, 1.807) is 31.3 Å². The molecule has 2 heterocycles. The topological polar surface area (TPSA) is 66.3 Å². The van der Waals surface area contributed by atoms with Crippen LogP contribution < -0.4 is 4.90 Å². The number of halogens is 1. The number of nitrogens with zero attached hydrogens (tertiary/aromatic N) is 3. The summed E-state index contributed by atoms with van der Waals surface area (Å²) >= 11 is 3.35. The maximum Gasteiger partial charge on any atom is 0.213 e. The van der Waals surface area contributed by atoms with Crippen LogP contribution in [0.1, 0.15) is 36.3 Å². The first-order valence-electron chi connectivity index (χ1n) is 8.54. The number of hydrogen-bond acceptors (Lipinski definition) is 5. The van der Waals surface area contributed by atoms with Crippen molar-refractivity contribution in [1.82, 2.24) is 9.97 Å². The normalized spacial score (nSPS) is 11.9. The van der Waals surface area contributed by atoms with E-state index in [0.717, 1.165) is 10.0 Å². The third-order valence-electron chi connectivity index (χ3n) is 4.29. The highest BCUT2D eigenvalue weighted by Gasteiger charge is 2.17. The minimum atomic E-state index is -0.645. The molecule has 1 atom stereocenters. The van der Waals surface area contributed by atoms with Gasteiger partial charge in [-0.1, -0.05) is 36.4 Å². The first-order valence-corrected chi connectivity index (χ1v) is 9.33. The molecule has 3 rings (SSSR count). The van der Waals surface area contributed by atoms with Gasteiger partial charge in [-0.05, 0) is 46.6 Å². The molecule has 0 bridgehead atoms. The molecule has 0 aliphatic carbocycles. The van der Waals surface area contributed by atoms with Gasteiger partial charge in [0.25, 0.3) is 0 Å². The minimum Gasteiger partial charge on any atom is -0.387 e. The zero-order chi connectivity index (χ0) is 19.4. The number of rotatable bonds is 6. The second-order valence-electron chi connectivity index (χ2n) is 6.30. The lowest BCUT2D eigenvalue weighted by Gasteiger charge is -2.22. The van der Waals surface area contributed by atoms with Gasteiger partial charge in [0.2, 0.25) is 5.78 Å².